The molecule has 30 heavy (non-hydrogen) atoms. The molecular weight excluding hydrogens is 382 g/mol. The number of hydrogen-bond acceptors (Lipinski definition) is 5. The van der Waals surface area contributed by atoms with E-state index < -0.39 is 0 Å². The molecule has 0 saturated carbocycles. The monoisotopic (exact) mass is 413 g/mol. The van der Waals surface area contributed by atoms with Gasteiger partial charge in [-0.25, -0.2) is 4.79 Å². The fourth-order valence-corrected chi connectivity index (χ4v) is 4.62. The SMILES string of the molecule is CCc1nn(CCCOC(=O)C2=CCC(C)=C2)c2c1C(=O)NCC1(CCOCC1)C2. The average molecular weight is 414 g/mol. The number of carbonyl (C=O) groups excluding carboxylic acids is 2. The van der Waals surface area contributed by atoms with Gasteiger partial charge in [-0.15, -0.1) is 0 Å². The van der Waals surface area contributed by atoms with Gasteiger partial charge in [-0.05, 0) is 50.5 Å². The zero-order valence-electron chi connectivity index (χ0n) is 18.0. The first-order valence-corrected chi connectivity index (χ1v) is 11.0. The molecule has 1 aromatic rings. The van der Waals surface area contributed by atoms with Gasteiger partial charge in [0.1, 0.15) is 0 Å². The first-order valence-electron chi connectivity index (χ1n) is 11.0. The standard InChI is InChI=1S/C23H31N3O4/c1-3-18-20-19(14-23(15-24-21(20)27)7-11-29-12-8-23)26(25-18)9-4-10-30-22(28)17-6-5-16(2)13-17/h6,13H,3-5,7-12,14-15H2,1-2H3,(H,24,27). The van der Waals surface area contributed by atoms with Crippen LogP contribution in [0.3, 0.4) is 0 Å². The molecule has 3 aliphatic rings. The lowest BCUT2D eigenvalue weighted by atomic mass is 9.76. The number of aromatic nitrogens is 2. The minimum atomic E-state index is -0.263. The number of nitrogens with one attached hydrogen (secondary N) is 1. The van der Waals surface area contributed by atoms with Crippen LogP contribution in [0.2, 0.25) is 0 Å². The molecule has 1 saturated heterocycles. The van der Waals surface area contributed by atoms with Crippen LogP contribution in [0.25, 0.3) is 0 Å². The molecule has 162 valence electrons. The van der Waals surface area contributed by atoms with Gasteiger partial charge in [0.2, 0.25) is 0 Å². The second kappa shape index (κ2) is 8.76. The van der Waals surface area contributed by atoms with Crippen molar-refractivity contribution in [3.8, 4) is 0 Å². The largest absolute Gasteiger partial charge is 0.462 e. The van der Waals surface area contributed by atoms with E-state index >= 15 is 0 Å². The van der Waals surface area contributed by atoms with Gasteiger partial charge in [-0.3, -0.25) is 9.48 Å². The fourth-order valence-electron chi connectivity index (χ4n) is 4.62. The summed E-state index contributed by atoms with van der Waals surface area (Å²) in [4.78, 5) is 25.0. The topological polar surface area (TPSA) is 82.5 Å². The molecule has 0 radical (unpaired) electrons. The second-order valence-corrected chi connectivity index (χ2v) is 8.66. The van der Waals surface area contributed by atoms with E-state index in [-0.39, 0.29) is 17.3 Å². The summed E-state index contributed by atoms with van der Waals surface area (Å²) in [6.07, 6.45) is 8.70. The molecule has 0 unspecified atom stereocenters. The fraction of sp³-hybridized carbons (Fsp3) is 0.609. The summed E-state index contributed by atoms with van der Waals surface area (Å²) in [7, 11) is 0. The summed E-state index contributed by atoms with van der Waals surface area (Å²) in [6.45, 7) is 7.16. The summed E-state index contributed by atoms with van der Waals surface area (Å²) < 4.78 is 13.0. The van der Waals surface area contributed by atoms with Crippen molar-refractivity contribution in [3.63, 3.8) is 0 Å². The highest BCUT2D eigenvalue weighted by molar-refractivity contribution is 5.97. The maximum atomic E-state index is 12.8. The quantitative estimate of drug-likeness (QED) is 0.573. The van der Waals surface area contributed by atoms with Crippen LogP contribution in [0.4, 0.5) is 0 Å². The van der Waals surface area contributed by atoms with Crippen LogP contribution < -0.4 is 5.32 Å². The molecule has 1 amide bonds. The molecule has 4 rings (SSSR count). The van der Waals surface area contributed by atoms with E-state index in [0.717, 1.165) is 55.8 Å². The molecule has 3 heterocycles. The van der Waals surface area contributed by atoms with Gasteiger partial charge in [-0.1, -0.05) is 18.6 Å². The van der Waals surface area contributed by atoms with Crippen molar-refractivity contribution < 1.29 is 19.1 Å². The van der Waals surface area contributed by atoms with E-state index in [1.54, 1.807) is 0 Å². The van der Waals surface area contributed by atoms with Crippen molar-refractivity contribution in [1.82, 2.24) is 15.1 Å². The van der Waals surface area contributed by atoms with Gasteiger partial charge in [0, 0.05) is 32.7 Å². The lowest BCUT2D eigenvalue weighted by Gasteiger charge is -2.36. The van der Waals surface area contributed by atoms with E-state index in [4.69, 9.17) is 14.6 Å². The maximum absolute atomic E-state index is 12.8. The number of fused-ring (bicyclic) bond motifs is 1. The van der Waals surface area contributed by atoms with Gasteiger partial charge in [-0.2, -0.15) is 5.10 Å². The minimum Gasteiger partial charge on any atom is -0.462 e. The summed E-state index contributed by atoms with van der Waals surface area (Å²) in [5.41, 5.74) is 4.47. The molecule has 0 aromatic carbocycles. The first-order chi connectivity index (χ1) is 14.5. The lowest BCUT2D eigenvalue weighted by molar-refractivity contribution is -0.138. The van der Waals surface area contributed by atoms with Crippen LogP contribution in [0.1, 0.15) is 61.3 Å². The van der Waals surface area contributed by atoms with Crippen LogP contribution in [0.15, 0.2) is 23.3 Å². The van der Waals surface area contributed by atoms with Crippen molar-refractivity contribution in [2.45, 2.75) is 58.9 Å². The number of aryl methyl sites for hydroxylation is 2. The molecule has 0 bridgehead atoms. The Labute approximate surface area is 177 Å². The smallest absolute Gasteiger partial charge is 0.337 e. The molecule has 7 heteroatoms. The van der Waals surface area contributed by atoms with Crippen LogP contribution in [-0.4, -0.2) is 48.0 Å². The second-order valence-electron chi connectivity index (χ2n) is 8.66. The van der Waals surface area contributed by atoms with Crippen molar-refractivity contribution >= 4 is 11.9 Å². The molecule has 1 aliphatic carbocycles. The number of rotatable bonds is 6. The third kappa shape index (κ3) is 4.21. The third-order valence-corrected chi connectivity index (χ3v) is 6.44. The first kappa shape index (κ1) is 20.8. The number of carbonyl (C=O) groups is 2. The van der Waals surface area contributed by atoms with E-state index in [2.05, 4.69) is 5.32 Å². The zero-order valence-corrected chi connectivity index (χ0v) is 18.0. The Hall–Kier alpha value is -2.41. The molecule has 1 spiro atoms. The van der Waals surface area contributed by atoms with Crippen molar-refractivity contribution in [2.24, 2.45) is 5.41 Å². The summed E-state index contributed by atoms with van der Waals surface area (Å²) in [5, 5.41) is 7.89. The van der Waals surface area contributed by atoms with Gasteiger partial charge in [0.15, 0.2) is 0 Å². The predicted molar refractivity (Wildman–Crippen MR) is 112 cm³/mol. The Balaban J connectivity index is 1.45. The van der Waals surface area contributed by atoms with Gasteiger partial charge in [0.05, 0.1) is 29.1 Å². The average Bonchev–Trinajstić information content (AvgIpc) is 3.30. The Morgan fingerprint density at radius 3 is 2.87 bits per heavy atom. The Morgan fingerprint density at radius 2 is 2.17 bits per heavy atom. The van der Waals surface area contributed by atoms with Crippen molar-refractivity contribution in [2.75, 3.05) is 26.4 Å². The number of nitrogens with zero attached hydrogens (tertiary/aromatic N) is 2. The molecule has 1 aromatic heterocycles. The number of ether oxygens (including phenoxy) is 2. The number of amides is 1. The Morgan fingerprint density at radius 1 is 1.37 bits per heavy atom. The molecule has 1 N–H and O–H groups in total. The molecule has 0 atom stereocenters. The van der Waals surface area contributed by atoms with E-state index in [0.29, 0.717) is 38.1 Å². The van der Waals surface area contributed by atoms with Crippen LogP contribution in [0, 0.1) is 5.41 Å². The van der Waals surface area contributed by atoms with Crippen molar-refractivity contribution in [1.29, 1.82) is 0 Å². The Kier molecular flexibility index (Phi) is 6.09. The molecular formula is C23H31N3O4. The van der Waals surface area contributed by atoms with Crippen LogP contribution >= 0.6 is 0 Å². The summed E-state index contributed by atoms with van der Waals surface area (Å²) >= 11 is 0. The number of allylic oxidation sites excluding steroid dienone is 2. The Bertz CT molecular complexity index is 891. The highest BCUT2D eigenvalue weighted by Gasteiger charge is 2.39. The molecule has 1 fully saturated rings. The van der Waals surface area contributed by atoms with E-state index in [1.807, 2.05) is 30.7 Å². The zero-order chi connectivity index (χ0) is 21.1. The number of hydrogen-bond donors (Lipinski definition) is 1. The van der Waals surface area contributed by atoms with Crippen LogP contribution in [-0.2, 0) is 33.7 Å². The normalized spacial score (nSPS) is 20.3. The highest BCUT2D eigenvalue weighted by Crippen LogP contribution is 2.37. The van der Waals surface area contributed by atoms with Crippen molar-refractivity contribution in [3.05, 3.63) is 40.2 Å². The van der Waals surface area contributed by atoms with Gasteiger partial charge in [0.25, 0.3) is 5.91 Å². The summed E-state index contributed by atoms with van der Waals surface area (Å²) in [5.74, 6) is -0.279. The lowest BCUT2D eigenvalue weighted by Crippen LogP contribution is -2.40. The maximum Gasteiger partial charge on any atom is 0.337 e. The third-order valence-electron chi connectivity index (χ3n) is 6.44. The number of esters is 1. The molecule has 2 aliphatic heterocycles. The van der Waals surface area contributed by atoms with Crippen LogP contribution in [0.5, 0.6) is 0 Å². The summed E-state index contributed by atoms with van der Waals surface area (Å²) in [6, 6.07) is 0. The minimum absolute atomic E-state index is 0.0155. The van der Waals surface area contributed by atoms with Gasteiger partial charge >= 0.3 is 5.97 Å². The van der Waals surface area contributed by atoms with Gasteiger partial charge < -0.3 is 14.8 Å². The predicted octanol–water partition coefficient (Wildman–Crippen LogP) is 2.74. The molecule has 7 nitrogen and oxygen atoms in total. The van der Waals surface area contributed by atoms with E-state index in [1.165, 1.54) is 5.57 Å². The van der Waals surface area contributed by atoms with E-state index in [9.17, 15) is 9.59 Å². The highest BCUT2D eigenvalue weighted by atomic mass is 16.5.